The minimum Gasteiger partial charge on any atom is -0.340 e. The quantitative estimate of drug-likeness (QED) is 0.306. The Bertz CT molecular complexity index is 1800. The lowest BCUT2D eigenvalue weighted by atomic mass is 9.91. The van der Waals surface area contributed by atoms with Crippen LogP contribution < -0.4 is 10.2 Å². The standard InChI is InChI=1S/C30H28Cl2N10O3/c1-17(27(44)40-9-3-4-20(16-40)25-36-38-39-37-25)35-26(43)24-15-34-29-41(23-11-21(31)10-22(32)12-23)28(45)30(2,42(24)29)13-18-5-7-19(14-33)8-6-18/h5-8,10-12,15,17,20H,3-4,9,13,16H2,1-2H3,(H,35,43)(H,36,37,38,39)/t17-,20+,30-/m1/s1. The number of H-pyrrole nitrogens is 1. The summed E-state index contributed by atoms with van der Waals surface area (Å²) in [5.74, 6) is -0.460. The molecule has 13 nitrogen and oxygen atoms in total. The fourth-order valence-corrected chi connectivity index (χ4v) is 6.58. The van der Waals surface area contributed by atoms with Gasteiger partial charge in [-0.25, -0.2) is 9.88 Å². The molecule has 230 valence electrons. The monoisotopic (exact) mass is 646 g/mol. The van der Waals surface area contributed by atoms with Crippen LogP contribution in [0.1, 0.15) is 60.0 Å². The van der Waals surface area contributed by atoms with E-state index in [-0.39, 0.29) is 35.8 Å². The molecule has 0 radical (unpaired) electrons. The molecule has 6 rings (SSSR count). The molecule has 0 saturated carbocycles. The van der Waals surface area contributed by atoms with Crippen molar-refractivity contribution in [2.24, 2.45) is 0 Å². The zero-order valence-electron chi connectivity index (χ0n) is 24.4. The van der Waals surface area contributed by atoms with Crippen LogP contribution in [-0.2, 0) is 21.5 Å². The number of carbonyl (C=O) groups is 3. The predicted octanol–water partition coefficient (Wildman–Crippen LogP) is 3.74. The zero-order chi connectivity index (χ0) is 31.9. The van der Waals surface area contributed by atoms with Gasteiger partial charge in [0.05, 0.1) is 23.5 Å². The number of fused-ring (bicyclic) bond motifs is 1. The van der Waals surface area contributed by atoms with Crippen LogP contribution in [0.2, 0.25) is 10.0 Å². The first kappa shape index (κ1) is 30.2. The van der Waals surface area contributed by atoms with Crippen LogP contribution in [0, 0.1) is 11.3 Å². The highest BCUT2D eigenvalue weighted by Gasteiger charge is 2.51. The van der Waals surface area contributed by atoms with Gasteiger partial charge in [-0.2, -0.15) is 10.5 Å². The molecule has 0 spiro atoms. The van der Waals surface area contributed by atoms with Crippen LogP contribution in [-0.4, -0.2) is 71.9 Å². The van der Waals surface area contributed by atoms with Crippen LogP contribution in [0.15, 0.2) is 48.7 Å². The number of halogens is 2. The van der Waals surface area contributed by atoms with Crippen molar-refractivity contribution in [3.63, 3.8) is 0 Å². The van der Waals surface area contributed by atoms with E-state index >= 15 is 0 Å². The number of hydrogen-bond acceptors (Lipinski definition) is 8. The Morgan fingerprint density at radius 3 is 2.60 bits per heavy atom. The molecule has 2 aromatic heterocycles. The number of imidazole rings is 1. The fourth-order valence-electron chi connectivity index (χ4n) is 6.06. The molecule has 0 aliphatic carbocycles. The number of likely N-dealkylation sites (tertiary alicyclic amines) is 1. The third kappa shape index (κ3) is 5.63. The van der Waals surface area contributed by atoms with Crippen molar-refractivity contribution in [1.29, 1.82) is 5.26 Å². The molecule has 45 heavy (non-hydrogen) atoms. The van der Waals surface area contributed by atoms with E-state index < -0.39 is 17.5 Å². The molecule has 2 aromatic carbocycles. The van der Waals surface area contributed by atoms with Crippen LogP contribution in [0.5, 0.6) is 0 Å². The molecule has 0 unspecified atom stereocenters. The van der Waals surface area contributed by atoms with E-state index in [1.165, 1.54) is 11.1 Å². The van der Waals surface area contributed by atoms with Gasteiger partial charge >= 0.3 is 0 Å². The van der Waals surface area contributed by atoms with Crippen LogP contribution in [0.3, 0.4) is 0 Å². The van der Waals surface area contributed by atoms with E-state index in [0.717, 1.165) is 18.4 Å². The smallest absolute Gasteiger partial charge is 0.270 e. The Morgan fingerprint density at radius 2 is 1.93 bits per heavy atom. The van der Waals surface area contributed by atoms with Crippen molar-refractivity contribution in [2.75, 3.05) is 18.0 Å². The Morgan fingerprint density at radius 1 is 1.20 bits per heavy atom. The van der Waals surface area contributed by atoms with Crippen molar-refractivity contribution >= 4 is 52.6 Å². The Balaban J connectivity index is 1.30. The number of nitrogens with zero attached hydrogens (tertiary/aromatic N) is 8. The maximum atomic E-state index is 14.3. The maximum absolute atomic E-state index is 14.3. The van der Waals surface area contributed by atoms with E-state index in [9.17, 15) is 19.6 Å². The van der Waals surface area contributed by atoms with Gasteiger partial charge in [-0.3, -0.25) is 19.0 Å². The van der Waals surface area contributed by atoms with Gasteiger partial charge in [0.1, 0.15) is 17.3 Å². The molecule has 0 bridgehead atoms. The summed E-state index contributed by atoms with van der Waals surface area (Å²) in [4.78, 5) is 49.1. The number of aromatic amines is 1. The lowest BCUT2D eigenvalue weighted by Crippen LogP contribution is -2.50. The minimum atomic E-state index is -1.31. The summed E-state index contributed by atoms with van der Waals surface area (Å²) in [6.45, 7) is 4.31. The second-order valence-corrected chi connectivity index (χ2v) is 12.3. The third-order valence-corrected chi connectivity index (χ3v) is 8.68. The summed E-state index contributed by atoms with van der Waals surface area (Å²) in [6.07, 6.45) is 3.16. The second kappa shape index (κ2) is 11.9. The van der Waals surface area contributed by atoms with Gasteiger partial charge in [0.2, 0.25) is 11.9 Å². The largest absolute Gasteiger partial charge is 0.340 e. The first-order chi connectivity index (χ1) is 21.6. The summed E-state index contributed by atoms with van der Waals surface area (Å²) in [7, 11) is 0. The van der Waals surface area contributed by atoms with Gasteiger partial charge in [-0.05, 0) is 62.6 Å². The number of piperidine rings is 1. The molecule has 2 N–H and O–H groups in total. The van der Waals surface area contributed by atoms with E-state index in [4.69, 9.17) is 23.2 Å². The van der Waals surface area contributed by atoms with E-state index in [1.807, 2.05) is 0 Å². The number of nitrogens with one attached hydrogen (secondary N) is 2. The van der Waals surface area contributed by atoms with Crippen LogP contribution >= 0.6 is 23.2 Å². The lowest BCUT2D eigenvalue weighted by molar-refractivity contribution is -0.134. The molecule has 3 atom stereocenters. The van der Waals surface area contributed by atoms with Crippen molar-refractivity contribution in [3.8, 4) is 6.07 Å². The average molecular weight is 648 g/mol. The molecular weight excluding hydrogens is 619 g/mol. The molecule has 1 fully saturated rings. The summed E-state index contributed by atoms with van der Waals surface area (Å²) >= 11 is 12.6. The highest BCUT2D eigenvalue weighted by atomic mass is 35.5. The zero-order valence-corrected chi connectivity index (χ0v) is 25.9. The Labute approximate surface area is 268 Å². The molecule has 15 heteroatoms. The summed E-state index contributed by atoms with van der Waals surface area (Å²) in [5, 5.41) is 26.9. The van der Waals surface area contributed by atoms with Crippen LogP contribution in [0.4, 0.5) is 11.6 Å². The number of aromatic nitrogens is 6. The van der Waals surface area contributed by atoms with Crippen molar-refractivity contribution < 1.29 is 14.4 Å². The van der Waals surface area contributed by atoms with Crippen molar-refractivity contribution in [2.45, 2.75) is 50.6 Å². The minimum absolute atomic E-state index is 0.0534. The molecular formula is C30H28Cl2N10O3. The van der Waals surface area contributed by atoms with Crippen molar-refractivity contribution in [3.05, 3.63) is 81.4 Å². The van der Waals surface area contributed by atoms with Crippen LogP contribution in [0.25, 0.3) is 0 Å². The van der Waals surface area contributed by atoms with E-state index in [1.54, 1.807) is 65.8 Å². The van der Waals surface area contributed by atoms with E-state index in [2.05, 4.69) is 37.0 Å². The number of hydrogen-bond donors (Lipinski definition) is 2. The second-order valence-electron chi connectivity index (χ2n) is 11.4. The predicted molar refractivity (Wildman–Crippen MR) is 164 cm³/mol. The Kier molecular flexibility index (Phi) is 8.03. The summed E-state index contributed by atoms with van der Waals surface area (Å²) in [6, 6.07) is 12.9. The number of nitriles is 1. The van der Waals surface area contributed by atoms with Gasteiger partial charge in [0, 0.05) is 35.5 Å². The molecule has 4 heterocycles. The number of benzene rings is 2. The van der Waals surface area contributed by atoms with Crippen molar-refractivity contribution in [1.82, 2.24) is 40.4 Å². The number of rotatable bonds is 7. The van der Waals surface area contributed by atoms with Gasteiger partial charge < -0.3 is 10.2 Å². The molecule has 4 aromatic rings. The lowest BCUT2D eigenvalue weighted by Gasteiger charge is -2.33. The first-order valence-corrected chi connectivity index (χ1v) is 15.1. The summed E-state index contributed by atoms with van der Waals surface area (Å²) < 4.78 is 1.59. The normalized spacial score (nSPS) is 20.1. The molecule has 2 aliphatic rings. The highest BCUT2D eigenvalue weighted by Crippen LogP contribution is 2.43. The van der Waals surface area contributed by atoms with E-state index in [0.29, 0.717) is 40.2 Å². The topological polar surface area (TPSA) is 166 Å². The van der Waals surface area contributed by atoms with Gasteiger partial charge in [0.15, 0.2) is 5.82 Å². The Hall–Kier alpha value is -4.80. The average Bonchev–Trinajstić information content (AvgIpc) is 3.76. The molecule has 3 amide bonds. The number of carbonyl (C=O) groups excluding carboxylic acids is 3. The first-order valence-electron chi connectivity index (χ1n) is 14.3. The van der Waals surface area contributed by atoms with Gasteiger partial charge in [-0.15, -0.1) is 10.2 Å². The number of tetrazole rings is 1. The highest BCUT2D eigenvalue weighted by molar-refractivity contribution is 6.35. The number of anilines is 2. The SMILES string of the molecule is C[C@@H](NC(=O)c1cnc2n1[C@](C)(Cc1ccc(C#N)cc1)C(=O)N2c1cc(Cl)cc(Cl)c1)C(=O)N1CCC[C@H](c2nn[nH]n2)C1. The third-order valence-electron chi connectivity index (χ3n) is 8.25. The van der Waals surface area contributed by atoms with Gasteiger partial charge in [-0.1, -0.05) is 40.5 Å². The molecule has 1 saturated heterocycles. The number of amides is 3. The maximum Gasteiger partial charge on any atom is 0.270 e. The fraction of sp³-hybridized carbons (Fsp3) is 0.333. The summed E-state index contributed by atoms with van der Waals surface area (Å²) in [5.41, 5.74) is 0.444. The molecule has 2 aliphatic heterocycles. The van der Waals surface area contributed by atoms with Gasteiger partial charge in [0.25, 0.3) is 11.8 Å².